The van der Waals surface area contributed by atoms with Crippen molar-refractivity contribution in [3.05, 3.63) is 50.7 Å². The van der Waals surface area contributed by atoms with Gasteiger partial charge in [0, 0.05) is 4.88 Å². The molecule has 1 atom stereocenters. The minimum atomic E-state index is -3.79. The van der Waals surface area contributed by atoms with E-state index < -0.39 is 15.9 Å². The summed E-state index contributed by atoms with van der Waals surface area (Å²) in [4.78, 5) is 16.5. The molecule has 2 aromatic rings. The molecule has 2 N–H and O–H groups in total. The minimum absolute atomic E-state index is 0.136. The smallest absolute Gasteiger partial charge is 0.273 e. The van der Waals surface area contributed by atoms with Crippen LogP contribution < -0.4 is 10.3 Å². The average Bonchev–Trinajstić information content (AvgIpc) is 3.05. The number of rotatable bonds is 5. The second-order valence-electron chi connectivity index (χ2n) is 6.88. The molecule has 140 valence electrons. The highest BCUT2D eigenvalue weighted by Gasteiger charge is 2.23. The number of sulfonamides is 1. The Morgan fingerprint density at radius 1 is 1.23 bits per heavy atom. The zero-order chi connectivity index (χ0) is 18.9. The highest BCUT2D eigenvalue weighted by atomic mass is 32.2. The highest BCUT2D eigenvalue weighted by Crippen LogP contribution is 2.33. The Labute approximate surface area is 158 Å². The molecule has 1 aliphatic carbocycles. The first kappa shape index (κ1) is 19.1. The van der Waals surface area contributed by atoms with Crippen LogP contribution in [0.5, 0.6) is 0 Å². The molecule has 1 aromatic heterocycles. The van der Waals surface area contributed by atoms with Gasteiger partial charge in [-0.1, -0.05) is 19.4 Å². The summed E-state index contributed by atoms with van der Waals surface area (Å²) in [5, 5.41) is 0. The zero-order valence-corrected chi connectivity index (χ0v) is 16.9. The van der Waals surface area contributed by atoms with Crippen LogP contribution >= 0.6 is 11.3 Å². The fraction of sp³-hybridized carbons (Fsp3) is 0.421. The van der Waals surface area contributed by atoms with E-state index in [1.807, 2.05) is 19.9 Å². The van der Waals surface area contributed by atoms with Crippen molar-refractivity contribution in [1.29, 1.82) is 0 Å². The van der Waals surface area contributed by atoms with Gasteiger partial charge in [-0.3, -0.25) is 10.2 Å². The van der Waals surface area contributed by atoms with Crippen LogP contribution in [0.15, 0.2) is 29.2 Å². The number of thiophene rings is 1. The van der Waals surface area contributed by atoms with Crippen molar-refractivity contribution < 1.29 is 13.2 Å². The second kappa shape index (κ2) is 7.50. The quantitative estimate of drug-likeness (QED) is 0.765. The molecule has 0 saturated carbocycles. The SMILES string of the molecule is CC[C@@H]1CCc2sc(C(=O)NNS(=O)(=O)c3ccc(C)c(C)c3)cc2C1. The van der Waals surface area contributed by atoms with E-state index in [0.717, 1.165) is 36.8 Å². The molecule has 0 fully saturated rings. The number of amides is 1. The summed E-state index contributed by atoms with van der Waals surface area (Å²) in [5.41, 5.74) is 5.47. The molecule has 0 radical (unpaired) electrons. The van der Waals surface area contributed by atoms with Crippen molar-refractivity contribution in [2.24, 2.45) is 5.92 Å². The van der Waals surface area contributed by atoms with E-state index in [9.17, 15) is 13.2 Å². The van der Waals surface area contributed by atoms with Crippen molar-refractivity contribution in [1.82, 2.24) is 10.3 Å². The van der Waals surface area contributed by atoms with Gasteiger partial charge in [-0.05, 0) is 73.9 Å². The van der Waals surface area contributed by atoms with Crippen LogP contribution in [0.1, 0.15) is 51.0 Å². The number of benzene rings is 1. The number of hydrazine groups is 1. The predicted octanol–water partition coefficient (Wildman–Crippen LogP) is 3.50. The molecular formula is C19H24N2O3S2. The number of aryl methyl sites for hydroxylation is 3. The Morgan fingerprint density at radius 3 is 2.69 bits per heavy atom. The van der Waals surface area contributed by atoms with Crippen LogP contribution in [0.3, 0.4) is 0 Å². The molecule has 1 aromatic carbocycles. The molecule has 0 bridgehead atoms. The molecule has 1 amide bonds. The number of carbonyl (C=O) groups excluding carboxylic acids is 1. The number of fused-ring (bicyclic) bond motifs is 1. The first-order chi connectivity index (χ1) is 12.3. The molecule has 26 heavy (non-hydrogen) atoms. The van der Waals surface area contributed by atoms with Crippen molar-refractivity contribution in [3.63, 3.8) is 0 Å². The summed E-state index contributed by atoms with van der Waals surface area (Å²) < 4.78 is 24.8. The summed E-state index contributed by atoms with van der Waals surface area (Å²) >= 11 is 1.46. The summed E-state index contributed by atoms with van der Waals surface area (Å²) in [7, 11) is -3.79. The van der Waals surface area contributed by atoms with E-state index in [1.165, 1.54) is 27.8 Å². The second-order valence-corrected chi connectivity index (χ2v) is 9.70. The topological polar surface area (TPSA) is 75.3 Å². The molecule has 0 aliphatic heterocycles. The van der Waals surface area contributed by atoms with Gasteiger partial charge in [0.25, 0.3) is 15.9 Å². The number of hydrogen-bond acceptors (Lipinski definition) is 4. The van der Waals surface area contributed by atoms with Gasteiger partial charge >= 0.3 is 0 Å². The molecule has 5 nitrogen and oxygen atoms in total. The summed E-state index contributed by atoms with van der Waals surface area (Å²) in [6.07, 6.45) is 4.31. The van der Waals surface area contributed by atoms with Crippen LogP contribution in [-0.2, 0) is 22.9 Å². The van der Waals surface area contributed by atoms with Gasteiger partial charge in [0.05, 0.1) is 9.77 Å². The predicted molar refractivity (Wildman–Crippen MR) is 104 cm³/mol. The highest BCUT2D eigenvalue weighted by molar-refractivity contribution is 7.89. The molecular weight excluding hydrogens is 368 g/mol. The third-order valence-electron chi connectivity index (χ3n) is 5.07. The molecule has 0 spiro atoms. The van der Waals surface area contributed by atoms with E-state index in [2.05, 4.69) is 17.2 Å². The van der Waals surface area contributed by atoms with Crippen molar-refractivity contribution in [2.75, 3.05) is 0 Å². The molecule has 7 heteroatoms. The van der Waals surface area contributed by atoms with E-state index in [4.69, 9.17) is 0 Å². The summed E-state index contributed by atoms with van der Waals surface area (Å²) in [6.45, 7) is 5.96. The van der Waals surface area contributed by atoms with E-state index >= 15 is 0 Å². The van der Waals surface area contributed by atoms with Crippen molar-refractivity contribution in [2.45, 2.75) is 51.3 Å². The average molecular weight is 393 g/mol. The number of hydrogen-bond donors (Lipinski definition) is 2. The first-order valence-corrected chi connectivity index (χ1v) is 11.1. The van der Waals surface area contributed by atoms with Gasteiger partial charge in [0.1, 0.15) is 0 Å². The lowest BCUT2D eigenvalue weighted by Crippen LogP contribution is -2.41. The van der Waals surface area contributed by atoms with Crippen LogP contribution in [0.25, 0.3) is 0 Å². The van der Waals surface area contributed by atoms with Gasteiger partial charge in [-0.15, -0.1) is 16.2 Å². The van der Waals surface area contributed by atoms with Crippen molar-refractivity contribution >= 4 is 27.3 Å². The third-order valence-corrected chi connectivity index (χ3v) is 7.55. The minimum Gasteiger partial charge on any atom is -0.273 e. The maximum absolute atomic E-state index is 12.4. The molecule has 0 saturated heterocycles. The van der Waals surface area contributed by atoms with Crippen LogP contribution in [0, 0.1) is 19.8 Å². The summed E-state index contributed by atoms with van der Waals surface area (Å²) in [5.74, 6) is 0.265. The van der Waals surface area contributed by atoms with Gasteiger partial charge in [0.15, 0.2) is 0 Å². The maximum Gasteiger partial charge on any atom is 0.276 e. The largest absolute Gasteiger partial charge is 0.276 e. The molecule has 0 unspecified atom stereocenters. The lowest BCUT2D eigenvalue weighted by atomic mass is 9.87. The van der Waals surface area contributed by atoms with Crippen LogP contribution in [-0.4, -0.2) is 14.3 Å². The summed E-state index contributed by atoms with van der Waals surface area (Å²) in [6, 6.07) is 6.79. The Balaban J connectivity index is 1.69. The number of nitrogens with one attached hydrogen (secondary N) is 2. The van der Waals surface area contributed by atoms with Gasteiger partial charge in [-0.25, -0.2) is 8.42 Å². The van der Waals surface area contributed by atoms with Crippen LogP contribution in [0.4, 0.5) is 0 Å². The van der Waals surface area contributed by atoms with Crippen LogP contribution in [0.2, 0.25) is 0 Å². The molecule has 3 rings (SSSR count). The third kappa shape index (κ3) is 4.00. The molecule has 1 heterocycles. The molecule has 1 aliphatic rings. The first-order valence-electron chi connectivity index (χ1n) is 8.81. The van der Waals surface area contributed by atoms with Crippen molar-refractivity contribution in [3.8, 4) is 0 Å². The van der Waals surface area contributed by atoms with Gasteiger partial charge in [-0.2, -0.15) is 0 Å². The maximum atomic E-state index is 12.4. The number of carbonyl (C=O) groups is 1. The lowest BCUT2D eigenvalue weighted by molar-refractivity contribution is 0.0949. The Kier molecular flexibility index (Phi) is 5.50. The van der Waals surface area contributed by atoms with E-state index in [-0.39, 0.29) is 4.90 Å². The Hall–Kier alpha value is -1.70. The fourth-order valence-corrected chi connectivity index (χ4v) is 5.20. The normalized spacial score (nSPS) is 17.0. The van der Waals surface area contributed by atoms with Gasteiger partial charge < -0.3 is 0 Å². The van der Waals surface area contributed by atoms with E-state index in [0.29, 0.717) is 10.8 Å². The Bertz CT molecular complexity index is 932. The van der Waals surface area contributed by atoms with Gasteiger partial charge in [0.2, 0.25) is 0 Å². The lowest BCUT2D eigenvalue weighted by Gasteiger charge is -2.19. The fourth-order valence-electron chi connectivity index (χ4n) is 3.17. The standard InChI is InChI=1S/C19H24N2O3S2/c1-4-14-6-8-17-15(10-14)11-18(25-17)19(22)20-21-26(23,24)16-7-5-12(2)13(3)9-16/h5,7,9,11,14,21H,4,6,8,10H2,1-3H3,(H,20,22)/t14-/m1/s1. The monoisotopic (exact) mass is 392 g/mol. The van der Waals surface area contributed by atoms with E-state index in [1.54, 1.807) is 12.1 Å². The Morgan fingerprint density at radius 2 is 2.00 bits per heavy atom. The zero-order valence-electron chi connectivity index (χ0n) is 15.3.